The molecule has 3 N–H and O–H groups in total. The topological polar surface area (TPSA) is 58.7 Å². The van der Waals surface area contributed by atoms with Crippen molar-refractivity contribution in [2.45, 2.75) is 6.23 Å². The number of aliphatic hydroxyl groups is 1. The lowest BCUT2D eigenvalue weighted by atomic mass is 10.3. The molecule has 0 aromatic rings. The summed E-state index contributed by atoms with van der Waals surface area (Å²) in [5.41, 5.74) is 6.07. The van der Waals surface area contributed by atoms with Crippen LogP contribution in [0.4, 0.5) is 0 Å². The van der Waals surface area contributed by atoms with Crippen LogP contribution in [0.3, 0.4) is 0 Å². The molecule has 68 valence electrons. The van der Waals surface area contributed by atoms with Crippen LogP contribution in [0.5, 0.6) is 0 Å². The first-order valence-corrected chi connectivity index (χ1v) is 3.82. The largest absolute Gasteiger partial charge is 0.399 e. The SMILES string of the molecule is COCCN1C=CC(N)=CC1O. The Hall–Kier alpha value is -1.00. The van der Waals surface area contributed by atoms with Crippen molar-refractivity contribution in [3.63, 3.8) is 0 Å². The van der Waals surface area contributed by atoms with Gasteiger partial charge in [0.2, 0.25) is 0 Å². The van der Waals surface area contributed by atoms with Gasteiger partial charge in [-0.2, -0.15) is 0 Å². The lowest BCUT2D eigenvalue weighted by Gasteiger charge is -2.26. The molecule has 0 amide bonds. The van der Waals surface area contributed by atoms with Crippen LogP contribution in [-0.4, -0.2) is 36.5 Å². The minimum absolute atomic E-state index is 0.592. The number of hydrogen-bond donors (Lipinski definition) is 2. The van der Waals surface area contributed by atoms with Gasteiger partial charge < -0.3 is 20.5 Å². The van der Waals surface area contributed by atoms with Gasteiger partial charge in [-0.25, -0.2) is 0 Å². The number of hydrogen-bond acceptors (Lipinski definition) is 4. The van der Waals surface area contributed by atoms with E-state index in [0.717, 1.165) is 0 Å². The van der Waals surface area contributed by atoms with E-state index in [2.05, 4.69) is 0 Å². The molecule has 0 aliphatic carbocycles. The predicted molar refractivity (Wildman–Crippen MR) is 46.0 cm³/mol. The average molecular weight is 170 g/mol. The lowest BCUT2D eigenvalue weighted by molar-refractivity contribution is 0.0551. The van der Waals surface area contributed by atoms with Crippen LogP contribution in [0.2, 0.25) is 0 Å². The van der Waals surface area contributed by atoms with E-state index in [9.17, 15) is 5.11 Å². The maximum atomic E-state index is 9.43. The molecule has 1 atom stereocenters. The van der Waals surface area contributed by atoms with Gasteiger partial charge in [-0.05, 0) is 12.2 Å². The number of aliphatic hydroxyl groups excluding tert-OH is 1. The van der Waals surface area contributed by atoms with Crippen molar-refractivity contribution >= 4 is 0 Å². The molecule has 1 unspecified atom stereocenters. The summed E-state index contributed by atoms with van der Waals surface area (Å²) in [6.45, 7) is 1.26. The molecule has 0 saturated heterocycles. The molecule has 1 rings (SSSR count). The van der Waals surface area contributed by atoms with E-state index in [4.69, 9.17) is 10.5 Å². The van der Waals surface area contributed by atoms with Crippen molar-refractivity contribution in [1.82, 2.24) is 4.90 Å². The van der Waals surface area contributed by atoms with E-state index >= 15 is 0 Å². The van der Waals surface area contributed by atoms with Gasteiger partial charge in [0.25, 0.3) is 0 Å². The zero-order chi connectivity index (χ0) is 8.97. The zero-order valence-corrected chi connectivity index (χ0v) is 7.10. The Bertz CT molecular complexity index is 201. The van der Waals surface area contributed by atoms with Gasteiger partial charge in [0, 0.05) is 25.6 Å². The molecular weight excluding hydrogens is 156 g/mol. The van der Waals surface area contributed by atoms with Gasteiger partial charge in [-0.1, -0.05) is 0 Å². The van der Waals surface area contributed by atoms with Crippen molar-refractivity contribution in [2.24, 2.45) is 5.73 Å². The number of nitrogens with zero attached hydrogens (tertiary/aromatic N) is 1. The monoisotopic (exact) mass is 170 g/mol. The van der Waals surface area contributed by atoms with Crippen LogP contribution in [0, 0.1) is 0 Å². The summed E-state index contributed by atoms with van der Waals surface area (Å²) < 4.78 is 4.88. The fourth-order valence-electron chi connectivity index (χ4n) is 0.997. The molecular formula is C8H14N2O2. The number of rotatable bonds is 3. The smallest absolute Gasteiger partial charge is 0.148 e. The Morgan fingerprint density at radius 2 is 2.50 bits per heavy atom. The van der Waals surface area contributed by atoms with Crippen LogP contribution in [0.25, 0.3) is 0 Å². The van der Waals surface area contributed by atoms with Crippen molar-refractivity contribution in [2.75, 3.05) is 20.3 Å². The average Bonchev–Trinajstić information content (AvgIpc) is 2.03. The summed E-state index contributed by atoms with van der Waals surface area (Å²) in [7, 11) is 1.63. The summed E-state index contributed by atoms with van der Waals surface area (Å²) in [4.78, 5) is 1.75. The van der Waals surface area contributed by atoms with Crippen molar-refractivity contribution in [3.8, 4) is 0 Å². The Balaban J connectivity index is 2.43. The van der Waals surface area contributed by atoms with Crippen LogP contribution in [0.15, 0.2) is 24.0 Å². The van der Waals surface area contributed by atoms with Crippen LogP contribution < -0.4 is 5.73 Å². The van der Waals surface area contributed by atoms with Gasteiger partial charge in [0.1, 0.15) is 6.23 Å². The minimum Gasteiger partial charge on any atom is -0.399 e. The minimum atomic E-state index is -0.620. The first kappa shape index (κ1) is 9.09. The Kier molecular flexibility index (Phi) is 3.13. The van der Waals surface area contributed by atoms with Gasteiger partial charge in [-0.15, -0.1) is 0 Å². The summed E-state index contributed by atoms with van der Waals surface area (Å²) in [6.07, 6.45) is 4.49. The van der Waals surface area contributed by atoms with Gasteiger partial charge in [-0.3, -0.25) is 0 Å². The van der Waals surface area contributed by atoms with Crippen LogP contribution in [0.1, 0.15) is 0 Å². The van der Waals surface area contributed by atoms with Crippen molar-refractivity contribution in [1.29, 1.82) is 0 Å². The Labute approximate surface area is 71.9 Å². The maximum Gasteiger partial charge on any atom is 0.148 e. The fraction of sp³-hybridized carbons (Fsp3) is 0.500. The molecule has 12 heavy (non-hydrogen) atoms. The highest BCUT2D eigenvalue weighted by molar-refractivity contribution is 5.20. The number of ether oxygens (including phenoxy) is 1. The summed E-state index contributed by atoms with van der Waals surface area (Å²) in [6, 6.07) is 0. The van der Waals surface area contributed by atoms with Gasteiger partial charge in [0.15, 0.2) is 0 Å². The Morgan fingerprint density at radius 3 is 3.08 bits per heavy atom. The molecule has 4 nitrogen and oxygen atoms in total. The quantitative estimate of drug-likeness (QED) is 0.606. The summed E-state index contributed by atoms with van der Waals surface area (Å²) in [5, 5.41) is 9.43. The normalized spacial score (nSPS) is 22.7. The highest BCUT2D eigenvalue weighted by Crippen LogP contribution is 2.07. The molecule has 0 radical (unpaired) electrons. The second-order valence-corrected chi connectivity index (χ2v) is 2.63. The molecule has 4 heteroatoms. The van der Waals surface area contributed by atoms with Crippen molar-refractivity contribution < 1.29 is 9.84 Å². The lowest BCUT2D eigenvalue weighted by Crippen LogP contribution is -2.34. The highest BCUT2D eigenvalue weighted by atomic mass is 16.5. The van der Waals surface area contributed by atoms with Crippen LogP contribution >= 0.6 is 0 Å². The zero-order valence-electron chi connectivity index (χ0n) is 7.10. The number of methoxy groups -OCH3 is 1. The summed E-state index contributed by atoms with van der Waals surface area (Å²) in [5.74, 6) is 0. The molecule has 1 aliphatic heterocycles. The molecule has 0 aromatic carbocycles. The van der Waals surface area contributed by atoms with Gasteiger partial charge >= 0.3 is 0 Å². The third-order valence-corrected chi connectivity index (χ3v) is 1.69. The molecule has 0 saturated carbocycles. The number of nitrogens with two attached hydrogens (primary N) is 1. The number of allylic oxidation sites excluding steroid dienone is 1. The molecule has 0 bridgehead atoms. The van der Waals surface area contributed by atoms with E-state index in [0.29, 0.717) is 18.8 Å². The standard InChI is InChI=1S/C8H14N2O2/c1-12-5-4-10-3-2-7(9)6-8(10)11/h2-3,6,8,11H,4-5,9H2,1H3. The van der Waals surface area contributed by atoms with E-state index in [1.165, 1.54) is 0 Å². The summed E-state index contributed by atoms with van der Waals surface area (Å²) >= 11 is 0. The first-order valence-electron chi connectivity index (χ1n) is 3.82. The van der Waals surface area contributed by atoms with E-state index in [1.54, 1.807) is 30.4 Å². The van der Waals surface area contributed by atoms with E-state index in [1.807, 2.05) is 0 Å². The molecule has 0 spiro atoms. The second kappa shape index (κ2) is 4.13. The maximum absolute atomic E-state index is 9.43. The molecule has 1 aliphatic rings. The highest BCUT2D eigenvalue weighted by Gasteiger charge is 2.11. The van der Waals surface area contributed by atoms with Crippen molar-refractivity contribution in [3.05, 3.63) is 24.0 Å². The molecule has 1 heterocycles. The second-order valence-electron chi connectivity index (χ2n) is 2.63. The van der Waals surface area contributed by atoms with E-state index < -0.39 is 6.23 Å². The van der Waals surface area contributed by atoms with E-state index in [-0.39, 0.29) is 0 Å². The predicted octanol–water partition coefficient (Wildman–Crippen LogP) is -0.377. The Morgan fingerprint density at radius 1 is 1.75 bits per heavy atom. The third-order valence-electron chi connectivity index (χ3n) is 1.69. The van der Waals surface area contributed by atoms with Gasteiger partial charge in [0.05, 0.1) is 6.61 Å². The fourth-order valence-corrected chi connectivity index (χ4v) is 0.997. The van der Waals surface area contributed by atoms with Crippen LogP contribution in [-0.2, 0) is 4.74 Å². The third kappa shape index (κ3) is 2.25. The first-order chi connectivity index (χ1) is 5.74. The molecule has 0 aromatic heterocycles. The molecule has 0 fully saturated rings.